The molecule has 0 aromatic carbocycles. The van der Waals surface area contributed by atoms with Crippen molar-refractivity contribution in [1.82, 2.24) is 19.9 Å². The third-order valence-corrected chi connectivity index (χ3v) is 6.96. The van der Waals surface area contributed by atoms with E-state index in [1.165, 1.54) is 0 Å². The fourth-order valence-corrected chi connectivity index (χ4v) is 4.94. The number of aliphatic imine (C=N–C) groups is 1. The normalized spacial score (nSPS) is 24.6. The number of ether oxygens (including phenoxy) is 2. The number of rotatable bonds is 2. The molecule has 1 spiro atoms. The Bertz CT molecular complexity index is 1170. The Morgan fingerprint density at radius 2 is 2.13 bits per heavy atom. The predicted octanol–water partition coefficient (Wildman–Crippen LogP) is 2.02. The molecule has 0 saturated carbocycles. The summed E-state index contributed by atoms with van der Waals surface area (Å²) in [6.07, 6.45) is 7.54. The number of H-pyrrole nitrogens is 1. The minimum Gasteiger partial charge on any atom is -0.436 e. The van der Waals surface area contributed by atoms with Gasteiger partial charge in [-0.1, -0.05) is 0 Å². The summed E-state index contributed by atoms with van der Waals surface area (Å²) < 4.78 is 11.9. The minimum atomic E-state index is 0.0955. The summed E-state index contributed by atoms with van der Waals surface area (Å²) in [5.74, 6) is 2.10. The van der Waals surface area contributed by atoms with Crippen molar-refractivity contribution in [3.63, 3.8) is 0 Å². The molecule has 2 saturated heterocycles. The summed E-state index contributed by atoms with van der Waals surface area (Å²) in [4.78, 5) is 23.7. The van der Waals surface area contributed by atoms with Crippen molar-refractivity contribution in [2.24, 2.45) is 16.1 Å². The van der Waals surface area contributed by atoms with Crippen LogP contribution in [0.25, 0.3) is 11.0 Å². The van der Waals surface area contributed by atoms with E-state index < -0.39 is 0 Å². The van der Waals surface area contributed by atoms with Gasteiger partial charge in [0.25, 0.3) is 0 Å². The van der Waals surface area contributed by atoms with Crippen molar-refractivity contribution in [2.45, 2.75) is 38.5 Å². The highest BCUT2D eigenvalue weighted by atomic mass is 16.5. The highest BCUT2D eigenvalue weighted by molar-refractivity contribution is 5.98. The van der Waals surface area contributed by atoms with Gasteiger partial charge in [0.1, 0.15) is 22.9 Å². The van der Waals surface area contributed by atoms with E-state index >= 15 is 0 Å². The lowest BCUT2D eigenvalue weighted by molar-refractivity contribution is 0.0974. The molecule has 3 aromatic rings. The molecule has 3 aromatic heterocycles. The van der Waals surface area contributed by atoms with Gasteiger partial charge in [0.15, 0.2) is 0 Å². The van der Waals surface area contributed by atoms with Gasteiger partial charge in [0.2, 0.25) is 5.90 Å². The lowest BCUT2D eigenvalue weighted by Gasteiger charge is -2.41. The van der Waals surface area contributed by atoms with Crippen LogP contribution in [0.15, 0.2) is 35.7 Å². The maximum atomic E-state index is 6.45. The maximum Gasteiger partial charge on any atom is 0.243 e. The molecule has 0 radical (unpaired) electrons. The molecular formula is C22H25N7O2. The molecule has 2 fully saturated rings. The summed E-state index contributed by atoms with van der Waals surface area (Å²) in [6, 6.07) is 3.88. The number of fused-ring (bicyclic) bond motifs is 2. The number of nitrogens with two attached hydrogens (primary N) is 1. The van der Waals surface area contributed by atoms with Crippen molar-refractivity contribution >= 4 is 22.7 Å². The Morgan fingerprint density at radius 1 is 1.26 bits per heavy atom. The zero-order valence-corrected chi connectivity index (χ0v) is 17.4. The molecular weight excluding hydrogens is 394 g/mol. The van der Waals surface area contributed by atoms with Crippen LogP contribution in [0.1, 0.15) is 31.2 Å². The molecule has 3 aliphatic heterocycles. The van der Waals surface area contributed by atoms with E-state index in [-0.39, 0.29) is 17.6 Å². The highest BCUT2D eigenvalue weighted by Gasteiger charge is 2.47. The molecule has 2 atom stereocenters. The molecule has 0 unspecified atom stereocenters. The van der Waals surface area contributed by atoms with Crippen LogP contribution in [0.5, 0.6) is 5.75 Å². The van der Waals surface area contributed by atoms with Crippen LogP contribution in [0.4, 0.5) is 5.82 Å². The van der Waals surface area contributed by atoms with Crippen LogP contribution in [0.3, 0.4) is 0 Å². The molecule has 9 nitrogen and oxygen atoms in total. The first-order valence-electron chi connectivity index (χ1n) is 10.8. The number of pyridine rings is 1. The molecule has 6 rings (SSSR count). The van der Waals surface area contributed by atoms with E-state index in [0.29, 0.717) is 23.9 Å². The molecule has 160 valence electrons. The van der Waals surface area contributed by atoms with Gasteiger partial charge in [-0.25, -0.2) is 19.9 Å². The third kappa shape index (κ3) is 2.99. The van der Waals surface area contributed by atoms with Crippen LogP contribution in [0, 0.1) is 5.41 Å². The van der Waals surface area contributed by atoms with Crippen molar-refractivity contribution < 1.29 is 9.47 Å². The number of nitrogens with one attached hydrogen (secondary N) is 1. The fraction of sp³-hybridized carbons (Fsp3) is 0.455. The fourth-order valence-electron chi connectivity index (χ4n) is 4.94. The Morgan fingerprint density at radius 3 is 2.94 bits per heavy atom. The Balaban J connectivity index is 1.18. The van der Waals surface area contributed by atoms with Crippen LogP contribution >= 0.6 is 0 Å². The van der Waals surface area contributed by atoms with E-state index in [9.17, 15) is 0 Å². The second-order valence-electron chi connectivity index (χ2n) is 8.69. The Hall–Kier alpha value is -3.04. The van der Waals surface area contributed by atoms with Gasteiger partial charge in [-0.15, -0.1) is 0 Å². The number of anilines is 1. The lowest BCUT2D eigenvalue weighted by atomic mass is 9.73. The van der Waals surface area contributed by atoms with Gasteiger partial charge in [-0.3, -0.25) is 0 Å². The quantitative estimate of drug-likeness (QED) is 0.653. The van der Waals surface area contributed by atoms with E-state index in [1.807, 2.05) is 24.5 Å². The van der Waals surface area contributed by atoms with Gasteiger partial charge in [-0.2, -0.15) is 0 Å². The average Bonchev–Trinajstić information content (AvgIpc) is 3.50. The number of hydrogen-bond donors (Lipinski definition) is 2. The molecule has 31 heavy (non-hydrogen) atoms. The Labute approximate surface area is 179 Å². The van der Waals surface area contributed by atoms with E-state index in [2.05, 4.69) is 31.8 Å². The Kier molecular flexibility index (Phi) is 4.22. The molecule has 9 heteroatoms. The second kappa shape index (κ2) is 7.00. The maximum absolute atomic E-state index is 6.45. The van der Waals surface area contributed by atoms with Gasteiger partial charge in [-0.05, 0) is 31.9 Å². The molecule has 0 amide bonds. The van der Waals surface area contributed by atoms with Gasteiger partial charge >= 0.3 is 0 Å². The monoisotopic (exact) mass is 419 g/mol. The number of piperidine rings is 1. The zero-order chi connectivity index (χ0) is 21.0. The van der Waals surface area contributed by atoms with Crippen LogP contribution in [0.2, 0.25) is 0 Å². The average molecular weight is 419 g/mol. The molecule has 3 aliphatic rings. The smallest absolute Gasteiger partial charge is 0.243 e. The first kappa shape index (κ1) is 18.7. The van der Waals surface area contributed by atoms with Crippen LogP contribution in [-0.4, -0.2) is 57.7 Å². The van der Waals surface area contributed by atoms with Crippen molar-refractivity contribution in [3.8, 4) is 5.75 Å². The van der Waals surface area contributed by atoms with Crippen molar-refractivity contribution in [2.75, 3.05) is 24.6 Å². The first-order chi connectivity index (χ1) is 15.1. The number of nitrogens with zero attached hydrogens (tertiary/aromatic N) is 5. The number of aromatic nitrogens is 4. The van der Waals surface area contributed by atoms with Crippen molar-refractivity contribution in [3.05, 3.63) is 42.1 Å². The first-order valence-corrected chi connectivity index (χ1v) is 10.8. The summed E-state index contributed by atoms with van der Waals surface area (Å²) in [5.41, 5.74) is 8.88. The second-order valence-corrected chi connectivity index (χ2v) is 8.69. The minimum absolute atomic E-state index is 0.0955. The van der Waals surface area contributed by atoms with Crippen molar-refractivity contribution in [1.29, 1.82) is 0 Å². The standard InChI is InChI=1S/C22H25N7O2/c1-13-19(23)22(12-30-13)4-8-29(9-5-22)17-11-26-18-15(28-17)10-27-21(18)31-16-3-7-25-20-14(16)2-6-24-20/h2-3,6-7,11,13,19H,4-5,8-10,12,23H2,1H3,(H,24,25)/t13-,19+/m0/s1. The van der Waals surface area contributed by atoms with Crippen LogP contribution < -0.4 is 15.4 Å². The van der Waals surface area contributed by atoms with Gasteiger partial charge in [0, 0.05) is 36.9 Å². The predicted molar refractivity (Wildman–Crippen MR) is 116 cm³/mol. The lowest BCUT2D eigenvalue weighted by Crippen LogP contribution is -2.50. The molecule has 0 aliphatic carbocycles. The van der Waals surface area contributed by atoms with Gasteiger partial charge in [0.05, 0.1) is 36.5 Å². The van der Waals surface area contributed by atoms with E-state index in [1.54, 1.807) is 6.20 Å². The largest absolute Gasteiger partial charge is 0.436 e. The number of hydrogen-bond acceptors (Lipinski definition) is 8. The van der Waals surface area contributed by atoms with E-state index in [4.69, 9.17) is 20.2 Å². The molecule has 6 heterocycles. The summed E-state index contributed by atoms with van der Waals surface area (Å²) in [7, 11) is 0. The third-order valence-electron chi connectivity index (χ3n) is 6.96. The SMILES string of the molecule is C[C@@H]1OCC2(CCN(c3cnc4c(n3)CN=C4Oc3ccnc4[nH]ccc34)CC2)[C@@H]1N. The number of aromatic amines is 1. The summed E-state index contributed by atoms with van der Waals surface area (Å²) in [6.45, 7) is 5.12. The molecule has 0 bridgehead atoms. The topological polar surface area (TPSA) is 115 Å². The zero-order valence-electron chi connectivity index (χ0n) is 17.4. The van der Waals surface area contributed by atoms with E-state index in [0.717, 1.165) is 55.1 Å². The summed E-state index contributed by atoms with van der Waals surface area (Å²) >= 11 is 0. The van der Waals surface area contributed by atoms with Crippen LogP contribution in [-0.2, 0) is 11.3 Å². The molecule has 3 N–H and O–H groups in total. The highest BCUT2D eigenvalue weighted by Crippen LogP contribution is 2.41. The van der Waals surface area contributed by atoms with Gasteiger partial charge < -0.3 is 25.1 Å². The summed E-state index contributed by atoms with van der Waals surface area (Å²) in [5, 5.41) is 0.911.